The van der Waals surface area contributed by atoms with Crippen LogP contribution in [-0.2, 0) is 16.1 Å². The van der Waals surface area contributed by atoms with Gasteiger partial charge in [0.2, 0.25) is 0 Å². The number of hydrogen-bond acceptors (Lipinski definition) is 5. The maximum Gasteiger partial charge on any atom is 0.344 e. The summed E-state index contributed by atoms with van der Waals surface area (Å²) in [5, 5.41) is 0.765. The normalized spacial score (nSPS) is 10.8. The topological polar surface area (TPSA) is 65.7 Å². The predicted octanol–water partition coefficient (Wildman–Crippen LogP) is 4.15. The zero-order chi connectivity index (χ0) is 19.6. The predicted molar refractivity (Wildman–Crippen MR) is 103 cm³/mol. The molecule has 5 nitrogen and oxygen atoms in total. The minimum Gasteiger partial charge on any atom is -0.482 e. The first-order valence-electron chi connectivity index (χ1n) is 8.74. The minimum absolute atomic E-state index is 0.0142. The Balaban J connectivity index is 1.70. The first kappa shape index (κ1) is 18.7. The van der Waals surface area contributed by atoms with Crippen molar-refractivity contribution < 1.29 is 18.7 Å². The van der Waals surface area contributed by atoms with Crippen molar-refractivity contribution in [1.82, 2.24) is 0 Å². The number of hydrogen-bond donors (Lipinski definition) is 0. The van der Waals surface area contributed by atoms with Crippen LogP contribution in [0.25, 0.3) is 11.0 Å². The van der Waals surface area contributed by atoms with Crippen LogP contribution in [0, 0.1) is 27.7 Å². The number of benzene rings is 2. The number of carbonyl (C=O) groups excluding carboxylic acids is 1. The van der Waals surface area contributed by atoms with Gasteiger partial charge < -0.3 is 13.9 Å². The highest BCUT2D eigenvalue weighted by atomic mass is 16.6. The lowest BCUT2D eigenvalue weighted by Crippen LogP contribution is -2.16. The molecule has 2 aromatic carbocycles. The van der Waals surface area contributed by atoms with Gasteiger partial charge in [-0.1, -0.05) is 29.8 Å². The van der Waals surface area contributed by atoms with E-state index in [0.717, 1.165) is 27.6 Å². The number of fused-ring (bicyclic) bond motifs is 1. The molecule has 0 aliphatic heterocycles. The molecule has 0 fully saturated rings. The molecule has 0 saturated carbocycles. The molecule has 27 heavy (non-hydrogen) atoms. The van der Waals surface area contributed by atoms with Crippen LogP contribution in [0.1, 0.15) is 27.8 Å². The van der Waals surface area contributed by atoms with Crippen LogP contribution in [-0.4, -0.2) is 12.6 Å². The fourth-order valence-electron chi connectivity index (χ4n) is 2.94. The molecule has 0 N–H and O–H groups in total. The van der Waals surface area contributed by atoms with Crippen molar-refractivity contribution in [3.05, 3.63) is 74.6 Å². The van der Waals surface area contributed by atoms with E-state index in [2.05, 4.69) is 0 Å². The molecular formula is C22H22O5. The van der Waals surface area contributed by atoms with Crippen molar-refractivity contribution >= 4 is 16.9 Å². The monoisotopic (exact) mass is 366 g/mol. The number of rotatable bonds is 5. The van der Waals surface area contributed by atoms with E-state index in [-0.39, 0.29) is 13.2 Å². The van der Waals surface area contributed by atoms with Gasteiger partial charge >= 0.3 is 11.6 Å². The third-order valence-corrected chi connectivity index (χ3v) is 4.58. The van der Waals surface area contributed by atoms with E-state index >= 15 is 0 Å². The van der Waals surface area contributed by atoms with Crippen molar-refractivity contribution in [2.45, 2.75) is 34.3 Å². The summed E-state index contributed by atoms with van der Waals surface area (Å²) in [5.74, 6) is 0.148. The Hall–Kier alpha value is -3.08. The van der Waals surface area contributed by atoms with Crippen molar-refractivity contribution in [3.63, 3.8) is 0 Å². The molecule has 0 saturated heterocycles. The Labute approximate surface area is 157 Å². The molecule has 0 amide bonds. The van der Waals surface area contributed by atoms with Gasteiger partial charge in [-0.3, -0.25) is 0 Å². The molecule has 0 atom stereocenters. The molecule has 0 radical (unpaired) electrons. The van der Waals surface area contributed by atoms with Crippen molar-refractivity contribution in [2.75, 3.05) is 6.61 Å². The average molecular weight is 366 g/mol. The molecular weight excluding hydrogens is 344 g/mol. The maximum absolute atomic E-state index is 12.1. The molecule has 0 aliphatic rings. The molecule has 0 spiro atoms. The largest absolute Gasteiger partial charge is 0.482 e. The summed E-state index contributed by atoms with van der Waals surface area (Å²) in [6.45, 7) is 7.56. The molecule has 3 rings (SSSR count). The van der Waals surface area contributed by atoms with E-state index in [1.807, 2.05) is 58.0 Å². The van der Waals surface area contributed by atoms with Crippen molar-refractivity contribution in [1.29, 1.82) is 0 Å². The van der Waals surface area contributed by atoms with Gasteiger partial charge in [-0.25, -0.2) is 9.59 Å². The summed E-state index contributed by atoms with van der Waals surface area (Å²) in [7, 11) is 0. The Morgan fingerprint density at radius 1 is 1.00 bits per heavy atom. The first-order valence-corrected chi connectivity index (χ1v) is 8.74. The quantitative estimate of drug-likeness (QED) is 0.501. The number of ether oxygens (including phenoxy) is 2. The summed E-state index contributed by atoms with van der Waals surface area (Å²) >= 11 is 0. The molecule has 1 heterocycles. The highest BCUT2D eigenvalue weighted by Crippen LogP contribution is 2.24. The van der Waals surface area contributed by atoms with Crippen LogP contribution >= 0.6 is 0 Å². The van der Waals surface area contributed by atoms with Crippen LogP contribution in [0.3, 0.4) is 0 Å². The fourth-order valence-corrected chi connectivity index (χ4v) is 2.94. The molecule has 5 heteroatoms. The summed E-state index contributed by atoms with van der Waals surface area (Å²) in [5.41, 5.74) is 4.69. The number of carbonyl (C=O) groups is 1. The van der Waals surface area contributed by atoms with E-state index < -0.39 is 11.6 Å². The second-order valence-electron chi connectivity index (χ2n) is 6.69. The lowest BCUT2D eigenvalue weighted by atomic mass is 10.0. The van der Waals surface area contributed by atoms with Crippen molar-refractivity contribution in [2.24, 2.45) is 0 Å². The van der Waals surface area contributed by atoms with E-state index in [9.17, 15) is 9.59 Å². The first-order chi connectivity index (χ1) is 12.8. The lowest BCUT2D eigenvalue weighted by Gasteiger charge is -2.11. The highest BCUT2D eigenvalue weighted by molar-refractivity contribution is 5.84. The zero-order valence-corrected chi connectivity index (χ0v) is 15.9. The van der Waals surface area contributed by atoms with Crippen LogP contribution in [0.2, 0.25) is 0 Å². The second kappa shape index (κ2) is 7.66. The SMILES string of the molecule is Cc1ccc(OCC(=O)OCc2cc(=O)oc3c(C)c(C)ccc23)c(C)c1. The highest BCUT2D eigenvalue weighted by Gasteiger charge is 2.12. The lowest BCUT2D eigenvalue weighted by molar-refractivity contribution is -0.147. The van der Waals surface area contributed by atoms with Gasteiger partial charge in [-0.2, -0.15) is 0 Å². The zero-order valence-electron chi connectivity index (χ0n) is 15.9. The van der Waals surface area contributed by atoms with Gasteiger partial charge in [0.1, 0.15) is 17.9 Å². The van der Waals surface area contributed by atoms with E-state index in [0.29, 0.717) is 16.9 Å². The van der Waals surface area contributed by atoms with Gasteiger partial charge in [0.15, 0.2) is 6.61 Å². The van der Waals surface area contributed by atoms with Gasteiger partial charge in [-0.15, -0.1) is 0 Å². The summed E-state index contributed by atoms with van der Waals surface area (Å²) < 4.78 is 16.2. The molecule has 0 bridgehead atoms. The maximum atomic E-state index is 12.1. The second-order valence-corrected chi connectivity index (χ2v) is 6.69. The fraction of sp³-hybridized carbons (Fsp3) is 0.273. The van der Waals surface area contributed by atoms with E-state index in [1.54, 1.807) is 0 Å². The third kappa shape index (κ3) is 4.19. The van der Waals surface area contributed by atoms with Crippen LogP contribution in [0.5, 0.6) is 5.75 Å². The number of aryl methyl sites for hydroxylation is 4. The Kier molecular flexibility index (Phi) is 5.31. The van der Waals surface area contributed by atoms with Gasteiger partial charge in [0.25, 0.3) is 0 Å². The Morgan fingerprint density at radius 3 is 2.52 bits per heavy atom. The molecule has 1 aromatic heterocycles. The Bertz CT molecular complexity index is 1060. The third-order valence-electron chi connectivity index (χ3n) is 4.58. The molecule has 0 aliphatic carbocycles. The summed E-state index contributed by atoms with van der Waals surface area (Å²) in [6, 6.07) is 10.9. The molecule has 0 unspecified atom stereocenters. The standard InChI is InChI=1S/C22H22O5/c1-13-5-8-19(15(3)9-13)25-12-21(24)26-11-17-10-20(23)27-22-16(4)14(2)6-7-18(17)22/h5-10H,11-12H2,1-4H3. The van der Waals surface area contributed by atoms with E-state index in [1.165, 1.54) is 6.07 Å². The van der Waals surface area contributed by atoms with E-state index in [4.69, 9.17) is 13.9 Å². The van der Waals surface area contributed by atoms with Crippen LogP contribution in [0.4, 0.5) is 0 Å². The molecule has 3 aromatic rings. The minimum atomic E-state index is -0.500. The van der Waals surface area contributed by atoms with Gasteiger partial charge in [-0.05, 0) is 50.5 Å². The van der Waals surface area contributed by atoms with Gasteiger partial charge in [0, 0.05) is 17.0 Å². The smallest absolute Gasteiger partial charge is 0.344 e. The molecule has 140 valence electrons. The van der Waals surface area contributed by atoms with Gasteiger partial charge in [0.05, 0.1) is 0 Å². The number of esters is 1. The van der Waals surface area contributed by atoms with Crippen LogP contribution in [0.15, 0.2) is 45.6 Å². The Morgan fingerprint density at radius 2 is 1.78 bits per heavy atom. The summed E-state index contributed by atoms with van der Waals surface area (Å²) in [4.78, 5) is 23.9. The van der Waals surface area contributed by atoms with Crippen molar-refractivity contribution in [3.8, 4) is 5.75 Å². The average Bonchev–Trinajstić information content (AvgIpc) is 2.62. The van der Waals surface area contributed by atoms with Crippen LogP contribution < -0.4 is 10.4 Å². The summed E-state index contributed by atoms with van der Waals surface area (Å²) in [6.07, 6.45) is 0.